The Morgan fingerprint density at radius 1 is 0.514 bits per heavy atom. The van der Waals surface area contributed by atoms with Crippen LogP contribution in [-0.2, 0) is 33.5 Å². The predicted octanol–water partition coefficient (Wildman–Crippen LogP) is 10.5. The maximum Gasteiger partial charge on any atom is -0.0126 e. The van der Waals surface area contributed by atoms with Crippen LogP contribution < -0.4 is 0 Å². The van der Waals surface area contributed by atoms with E-state index in [9.17, 15) is 0 Å². The topological polar surface area (TPSA) is 0 Å². The minimum Gasteiger partial charge on any atom is -0.0587 e. The minimum absolute atomic E-state index is 0.0591. The average Bonchev–Trinajstić information content (AvgIpc) is 2.63. The summed E-state index contributed by atoms with van der Waals surface area (Å²) in [5.41, 5.74) is 11.1. The van der Waals surface area contributed by atoms with Crippen molar-refractivity contribution in [2.75, 3.05) is 0 Å². The highest BCUT2D eigenvalue weighted by Crippen LogP contribution is 2.48. The van der Waals surface area contributed by atoms with Gasteiger partial charge in [0, 0.05) is 0 Å². The summed E-state index contributed by atoms with van der Waals surface area (Å²) in [6.45, 7) is 38.2. The number of benzene rings is 2. The van der Waals surface area contributed by atoms with Crippen molar-refractivity contribution in [1.29, 1.82) is 0 Å². The van der Waals surface area contributed by atoms with Crippen molar-refractivity contribution < 1.29 is 0 Å². The van der Waals surface area contributed by atoms with Gasteiger partial charge < -0.3 is 0 Å². The van der Waals surface area contributed by atoms with Gasteiger partial charge in [-0.3, -0.25) is 0 Å². The SMILES string of the molecule is CC(Cc1ccc(C(C)(C)C)cc1)c1c(C(C)(C)C)cc(C(C)(C)C)c(C(C)(C)C)c1C(C)(C)C. The highest BCUT2D eigenvalue weighted by molar-refractivity contribution is 5.57. The van der Waals surface area contributed by atoms with E-state index in [1.54, 1.807) is 16.7 Å². The standard InChI is InChI=1S/C35H56/c1-23(21-24-17-19-25(20-18-24)31(2,3)4)28-26(32(5,6)7)22-27(33(8,9)10)29(34(11,12)13)30(28)35(14,15)16/h17-20,22-23H,21H2,1-16H3. The van der Waals surface area contributed by atoms with Gasteiger partial charge in [0.25, 0.3) is 0 Å². The van der Waals surface area contributed by atoms with Crippen LogP contribution in [0.25, 0.3) is 0 Å². The molecule has 0 aromatic heterocycles. The molecule has 0 heteroatoms. The third-order valence-electron chi connectivity index (χ3n) is 7.34. The first-order chi connectivity index (χ1) is 15.5. The smallest absolute Gasteiger partial charge is 0.0126 e. The van der Waals surface area contributed by atoms with E-state index in [-0.39, 0.29) is 27.1 Å². The molecule has 0 aliphatic rings. The van der Waals surface area contributed by atoms with Gasteiger partial charge in [0.1, 0.15) is 0 Å². The maximum atomic E-state index is 2.59. The summed E-state index contributed by atoms with van der Waals surface area (Å²) in [4.78, 5) is 0. The lowest BCUT2D eigenvalue weighted by Gasteiger charge is -2.42. The molecule has 0 aliphatic carbocycles. The molecule has 0 nitrogen and oxygen atoms in total. The normalized spacial score (nSPS) is 14.9. The van der Waals surface area contributed by atoms with Gasteiger partial charge in [0.15, 0.2) is 0 Å². The average molecular weight is 477 g/mol. The van der Waals surface area contributed by atoms with E-state index in [4.69, 9.17) is 0 Å². The van der Waals surface area contributed by atoms with Crippen molar-refractivity contribution in [3.63, 3.8) is 0 Å². The Kier molecular flexibility index (Phi) is 7.96. The van der Waals surface area contributed by atoms with E-state index < -0.39 is 0 Å². The first-order valence-corrected chi connectivity index (χ1v) is 13.8. The number of hydrogen-bond acceptors (Lipinski definition) is 0. The molecular weight excluding hydrogens is 420 g/mol. The first kappa shape index (κ1) is 29.7. The van der Waals surface area contributed by atoms with Crippen molar-refractivity contribution in [3.8, 4) is 0 Å². The first-order valence-electron chi connectivity index (χ1n) is 13.8. The van der Waals surface area contributed by atoms with E-state index >= 15 is 0 Å². The second-order valence-electron chi connectivity index (χ2n) is 16.2. The Morgan fingerprint density at radius 2 is 0.943 bits per heavy atom. The lowest BCUT2D eigenvalue weighted by atomic mass is 9.62. The molecule has 0 aliphatic heterocycles. The van der Waals surface area contributed by atoms with Crippen LogP contribution in [0.15, 0.2) is 30.3 Å². The second-order valence-corrected chi connectivity index (χ2v) is 16.2. The van der Waals surface area contributed by atoms with Crippen LogP contribution in [0.4, 0.5) is 0 Å². The van der Waals surface area contributed by atoms with E-state index in [0.29, 0.717) is 5.92 Å². The van der Waals surface area contributed by atoms with E-state index in [1.165, 1.54) is 22.3 Å². The van der Waals surface area contributed by atoms with Gasteiger partial charge in [-0.05, 0) is 78.4 Å². The molecule has 35 heavy (non-hydrogen) atoms. The predicted molar refractivity (Wildman–Crippen MR) is 159 cm³/mol. The molecule has 0 amide bonds. The van der Waals surface area contributed by atoms with Gasteiger partial charge in [-0.1, -0.05) is 141 Å². The van der Waals surface area contributed by atoms with Gasteiger partial charge in [-0.25, -0.2) is 0 Å². The Balaban J connectivity index is 2.89. The summed E-state index contributed by atoms with van der Waals surface area (Å²) >= 11 is 0. The Morgan fingerprint density at radius 3 is 1.29 bits per heavy atom. The third-order valence-corrected chi connectivity index (χ3v) is 7.34. The van der Waals surface area contributed by atoms with Gasteiger partial charge in [0.05, 0.1) is 0 Å². The van der Waals surface area contributed by atoms with Gasteiger partial charge >= 0.3 is 0 Å². The molecule has 2 rings (SSSR count). The fourth-order valence-electron chi connectivity index (χ4n) is 5.58. The van der Waals surface area contributed by atoms with Gasteiger partial charge in [-0.15, -0.1) is 0 Å². The molecule has 0 saturated carbocycles. The van der Waals surface area contributed by atoms with Crippen molar-refractivity contribution in [1.82, 2.24) is 0 Å². The molecule has 1 unspecified atom stereocenters. The van der Waals surface area contributed by atoms with Crippen LogP contribution in [0, 0.1) is 0 Å². The monoisotopic (exact) mass is 476 g/mol. The zero-order valence-electron chi connectivity index (χ0n) is 26.2. The molecule has 0 heterocycles. The lowest BCUT2D eigenvalue weighted by molar-refractivity contribution is 0.478. The summed E-state index contributed by atoms with van der Waals surface area (Å²) < 4.78 is 0. The molecule has 0 saturated heterocycles. The van der Waals surface area contributed by atoms with Gasteiger partial charge in [0.2, 0.25) is 0 Å². The Hall–Kier alpha value is -1.56. The van der Waals surface area contributed by atoms with Crippen molar-refractivity contribution in [2.45, 2.75) is 150 Å². The highest BCUT2D eigenvalue weighted by Gasteiger charge is 2.38. The second kappa shape index (κ2) is 9.39. The summed E-state index contributed by atoms with van der Waals surface area (Å²) in [7, 11) is 0. The highest BCUT2D eigenvalue weighted by atomic mass is 14.4. The molecule has 0 spiro atoms. The Labute approximate surface area is 219 Å². The zero-order valence-corrected chi connectivity index (χ0v) is 26.2. The van der Waals surface area contributed by atoms with Crippen LogP contribution in [0.5, 0.6) is 0 Å². The van der Waals surface area contributed by atoms with Crippen molar-refractivity contribution in [2.24, 2.45) is 0 Å². The molecule has 0 fully saturated rings. The van der Waals surface area contributed by atoms with Gasteiger partial charge in [-0.2, -0.15) is 0 Å². The zero-order chi connectivity index (χ0) is 27.4. The van der Waals surface area contributed by atoms with E-state index in [1.807, 2.05) is 0 Å². The van der Waals surface area contributed by atoms with Crippen LogP contribution in [0.1, 0.15) is 156 Å². The summed E-state index contributed by atoms with van der Waals surface area (Å²) in [5, 5.41) is 0. The minimum atomic E-state index is 0.0591. The third kappa shape index (κ3) is 6.81. The molecule has 1 atom stereocenters. The van der Waals surface area contributed by atoms with E-state index in [2.05, 4.69) is 141 Å². The molecule has 2 aromatic carbocycles. The molecule has 196 valence electrons. The van der Waals surface area contributed by atoms with Crippen molar-refractivity contribution >= 4 is 0 Å². The quantitative estimate of drug-likeness (QED) is 0.413. The molecule has 2 aromatic rings. The molecular formula is C35H56. The van der Waals surface area contributed by atoms with Crippen LogP contribution in [-0.4, -0.2) is 0 Å². The largest absolute Gasteiger partial charge is 0.0587 e. The van der Waals surface area contributed by atoms with Crippen molar-refractivity contribution in [3.05, 3.63) is 69.3 Å². The summed E-state index contributed by atoms with van der Waals surface area (Å²) in [5.74, 6) is 0.439. The summed E-state index contributed by atoms with van der Waals surface area (Å²) in [6, 6.07) is 12.0. The fourth-order valence-corrected chi connectivity index (χ4v) is 5.58. The number of rotatable bonds is 3. The molecule has 0 N–H and O–H groups in total. The van der Waals surface area contributed by atoms with E-state index in [0.717, 1.165) is 6.42 Å². The fraction of sp³-hybridized carbons (Fsp3) is 0.657. The van der Waals surface area contributed by atoms with Crippen LogP contribution >= 0.6 is 0 Å². The lowest BCUT2D eigenvalue weighted by Crippen LogP contribution is -2.33. The van der Waals surface area contributed by atoms with Crippen LogP contribution in [0.2, 0.25) is 0 Å². The van der Waals surface area contributed by atoms with Crippen LogP contribution in [0.3, 0.4) is 0 Å². The maximum absolute atomic E-state index is 2.59. The molecule has 0 radical (unpaired) electrons. The number of hydrogen-bond donors (Lipinski definition) is 0. The Bertz CT molecular complexity index is 1010. The summed E-state index contributed by atoms with van der Waals surface area (Å²) in [6.07, 6.45) is 1.06. The molecule has 0 bridgehead atoms.